The summed E-state index contributed by atoms with van der Waals surface area (Å²) >= 11 is 0. The third-order valence-electron chi connectivity index (χ3n) is 4.50. The van der Waals surface area contributed by atoms with Crippen LogP contribution in [0.3, 0.4) is 0 Å². The predicted octanol–water partition coefficient (Wildman–Crippen LogP) is 3.74. The molecule has 2 aromatic rings. The summed E-state index contributed by atoms with van der Waals surface area (Å²) < 4.78 is 2.94. The van der Waals surface area contributed by atoms with Gasteiger partial charge in [-0.1, -0.05) is 98.7 Å². The van der Waals surface area contributed by atoms with Crippen molar-refractivity contribution in [2.24, 2.45) is 0 Å². The molecule has 0 atom stereocenters. The average molecular weight is 323 g/mol. The third kappa shape index (κ3) is 2.53. The van der Waals surface area contributed by atoms with Gasteiger partial charge in [0.05, 0.1) is 0 Å². The predicted molar refractivity (Wildman–Crippen MR) is 105 cm³/mol. The molecule has 0 aliphatic carbocycles. The zero-order valence-corrected chi connectivity index (χ0v) is 16.6. The van der Waals surface area contributed by atoms with Gasteiger partial charge in [-0.25, -0.2) is 0 Å². The van der Waals surface area contributed by atoms with Crippen LogP contribution in [-0.4, -0.2) is 27.5 Å². The zero-order valence-electron chi connectivity index (χ0n) is 14.6. The van der Waals surface area contributed by atoms with Gasteiger partial charge in [-0.15, -0.1) is 0 Å². The van der Waals surface area contributed by atoms with E-state index >= 15 is 0 Å². The molecule has 1 aliphatic rings. The highest BCUT2D eigenvalue weighted by Gasteiger charge is 2.46. The minimum Gasteiger partial charge on any atom is -0.380 e. The van der Waals surface area contributed by atoms with Crippen molar-refractivity contribution in [2.45, 2.75) is 39.3 Å². The van der Waals surface area contributed by atoms with E-state index in [9.17, 15) is 0 Å². The van der Waals surface area contributed by atoms with Crippen molar-refractivity contribution in [1.29, 1.82) is 0 Å². The SMILES string of the molecule is C[Si](C)(C)N(B1c2ccccc2-c2ccccc21)[Si](C)(C)C. The highest BCUT2D eigenvalue weighted by atomic mass is 28.4. The van der Waals surface area contributed by atoms with Crippen molar-refractivity contribution in [1.82, 2.24) is 4.14 Å². The molecular formula is C18H26BNSi2. The molecule has 0 bridgehead atoms. The first-order valence-corrected chi connectivity index (χ1v) is 15.1. The maximum atomic E-state index is 2.94. The van der Waals surface area contributed by atoms with E-state index in [4.69, 9.17) is 0 Å². The van der Waals surface area contributed by atoms with Crippen molar-refractivity contribution in [3.63, 3.8) is 0 Å². The molecule has 0 radical (unpaired) electrons. The Morgan fingerprint density at radius 1 is 0.636 bits per heavy atom. The van der Waals surface area contributed by atoms with Gasteiger partial charge in [0.15, 0.2) is 0 Å². The molecule has 0 saturated carbocycles. The number of hydrogen-bond donors (Lipinski definition) is 0. The van der Waals surface area contributed by atoms with Crippen LogP contribution >= 0.6 is 0 Å². The number of fused-ring (bicyclic) bond motifs is 3. The first kappa shape index (κ1) is 15.8. The second-order valence-corrected chi connectivity index (χ2v) is 18.4. The largest absolute Gasteiger partial charge is 0.380 e. The molecule has 0 spiro atoms. The quantitative estimate of drug-likeness (QED) is 0.778. The third-order valence-corrected chi connectivity index (χ3v) is 11.9. The number of nitrogens with zero attached hydrogens (tertiary/aromatic N) is 1. The van der Waals surface area contributed by atoms with E-state index in [-0.39, 0.29) is 0 Å². The minimum absolute atomic E-state index is 0.450. The Morgan fingerprint density at radius 3 is 1.36 bits per heavy atom. The molecule has 3 rings (SSSR count). The van der Waals surface area contributed by atoms with Crippen LogP contribution in [-0.2, 0) is 0 Å². The molecule has 0 amide bonds. The average Bonchev–Trinajstić information content (AvgIpc) is 2.72. The van der Waals surface area contributed by atoms with E-state index in [2.05, 4.69) is 92.0 Å². The Bertz CT molecular complexity index is 641. The van der Waals surface area contributed by atoms with E-state index in [1.807, 2.05) is 0 Å². The van der Waals surface area contributed by atoms with Gasteiger partial charge in [0.1, 0.15) is 16.5 Å². The standard InChI is InChI=1S/C18H26BNSi2/c1-21(2,3)20(22(4,5)6)19-17-13-9-7-11-15(17)16-12-8-10-14-18(16)19/h7-14H,1-6H3. The second-order valence-electron chi connectivity index (χ2n) is 8.29. The normalized spacial score (nSPS) is 14.2. The molecule has 1 aliphatic heterocycles. The van der Waals surface area contributed by atoms with Crippen molar-refractivity contribution >= 4 is 34.2 Å². The Labute approximate surface area is 137 Å². The van der Waals surface area contributed by atoms with Gasteiger partial charge in [0.25, 0.3) is 6.85 Å². The van der Waals surface area contributed by atoms with Gasteiger partial charge < -0.3 is 4.14 Å². The van der Waals surface area contributed by atoms with Crippen LogP contribution in [0.5, 0.6) is 0 Å². The van der Waals surface area contributed by atoms with Gasteiger partial charge in [0, 0.05) is 0 Å². The lowest BCUT2D eigenvalue weighted by atomic mass is 9.55. The van der Waals surface area contributed by atoms with Gasteiger partial charge in [-0.3, -0.25) is 0 Å². The Balaban J connectivity index is 2.26. The van der Waals surface area contributed by atoms with Gasteiger partial charge in [-0.2, -0.15) is 0 Å². The van der Waals surface area contributed by atoms with E-state index in [0.717, 1.165) is 0 Å². The van der Waals surface area contributed by atoms with E-state index in [1.165, 1.54) is 22.1 Å². The maximum Gasteiger partial charge on any atom is 0.279 e. The first-order chi connectivity index (χ1) is 10.2. The molecule has 1 nitrogen and oxygen atoms in total. The minimum atomic E-state index is -1.43. The van der Waals surface area contributed by atoms with Crippen LogP contribution in [0.25, 0.3) is 11.1 Å². The summed E-state index contributed by atoms with van der Waals surface area (Å²) in [7, 11) is -2.86. The molecule has 0 unspecified atom stereocenters. The lowest BCUT2D eigenvalue weighted by molar-refractivity contribution is 0.947. The van der Waals surface area contributed by atoms with Gasteiger partial charge in [-0.05, 0) is 11.1 Å². The second kappa shape index (κ2) is 5.22. The Kier molecular flexibility index (Phi) is 3.74. The lowest BCUT2D eigenvalue weighted by Crippen LogP contribution is -2.71. The van der Waals surface area contributed by atoms with Gasteiger partial charge >= 0.3 is 0 Å². The fourth-order valence-electron chi connectivity index (χ4n) is 4.19. The van der Waals surface area contributed by atoms with E-state index < -0.39 is 16.5 Å². The van der Waals surface area contributed by atoms with Crippen LogP contribution in [0.4, 0.5) is 0 Å². The van der Waals surface area contributed by atoms with Crippen LogP contribution in [0.2, 0.25) is 39.3 Å². The molecule has 0 N–H and O–H groups in total. The summed E-state index contributed by atoms with van der Waals surface area (Å²) in [5.74, 6) is 0. The molecule has 1 heterocycles. The zero-order chi connectivity index (χ0) is 16.1. The summed E-state index contributed by atoms with van der Waals surface area (Å²) in [6.45, 7) is 15.4. The van der Waals surface area contributed by atoms with Crippen molar-refractivity contribution in [2.75, 3.05) is 0 Å². The molecule has 4 heteroatoms. The molecule has 2 aromatic carbocycles. The summed E-state index contributed by atoms with van der Waals surface area (Å²) in [5.41, 5.74) is 5.89. The smallest absolute Gasteiger partial charge is 0.279 e. The summed E-state index contributed by atoms with van der Waals surface area (Å²) in [6.07, 6.45) is 0. The van der Waals surface area contributed by atoms with Crippen molar-refractivity contribution in [3.8, 4) is 11.1 Å². The lowest BCUT2D eigenvalue weighted by Gasteiger charge is -2.47. The topological polar surface area (TPSA) is 3.24 Å². The van der Waals surface area contributed by atoms with Crippen LogP contribution < -0.4 is 10.9 Å². The van der Waals surface area contributed by atoms with Crippen molar-refractivity contribution < 1.29 is 0 Å². The summed E-state index contributed by atoms with van der Waals surface area (Å²) in [5, 5.41) is 0. The highest BCUT2D eigenvalue weighted by molar-refractivity contribution is 7.07. The molecule has 0 aromatic heterocycles. The summed E-state index contributed by atoms with van der Waals surface area (Å²) in [6, 6.07) is 18.0. The molecule has 114 valence electrons. The molecule has 22 heavy (non-hydrogen) atoms. The van der Waals surface area contributed by atoms with E-state index in [0.29, 0.717) is 6.85 Å². The van der Waals surface area contributed by atoms with Crippen LogP contribution in [0.15, 0.2) is 48.5 Å². The fraction of sp³-hybridized carbons (Fsp3) is 0.333. The number of benzene rings is 2. The molecule has 0 saturated heterocycles. The summed E-state index contributed by atoms with van der Waals surface area (Å²) in [4.78, 5) is 0. The molecular weight excluding hydrogens is 297 g/mol. The highest BCUT2D eigenvalue weighted by Crippen LogP contribution is 2.29. The number of hydrogen-bond acceptors (Lipinski definition) is 1. The van der Waals surface area contributed by atoms with Crippen molar-refractivity contribution in [3.05, 3.63) is 48.5 Å². The fourth-order valence-corrected chi connectivity index (χ4v) is 14.3. The monoisotopic (exact) mass is 323 g/mol. The first-order valence-electron chi connectivity index (χ1n) is 8.19. The Morgan fingerprint density at radius 2 is 1.00 bits per heavy atom. The van der Waals surface area contributed by atoms with Gasteiger partial charge in [0.2, 0.25) is 0 Å². The van der Waals surface area contributed by atoms with Crippen LogP contribution in [0, 0.1) is 0 Å². The molecule has 0 fully saturated rings. The van der Waals surface area contributed by atoms with Crippen LogP contribution in [0.1, 0.15) is 0 Å². The Hall–Kier alpha value is -1.10. The van der Waals surface area contributed by atoms with E-state index in [1.54, 1.807) is 0 Å². The number of rotatable bonds is 3. The maximum absolute atomic E-state index is 2.94.